The van der Waals surface area contributed by atoms with Gasteiger partial charge in [-0.05, 0) is 41.5 Å². The molecule has 0 spiro atoms. The molecule has 6 heteroatoms. The minimum atomic E-state index is -1.19. The molecule has 4 rings (SSSR count). The number of carboxylic acids is 2. The molecule has 1 fully saturated rings. The number of carbonyl (C=O) groups is 3. The van der Waals surface area contributed by atoms with Gasteiger partial charge in [-0.3, -0.25) is 4.79 Å². The molecule has 0 radical (unpaired) electrons. The fourth-order valence-electron chi connectivity index (χ4n) is 4.65. The van der Waals surface area contributed by atoms with Crippen molar-refractivity contribution in [1.82, 2.24) is 4.90 Å². The van der Waals surface area contributed by atoms with E-state index >= 15 is 0 Å². The van der Waals surface area contributed by atoms with Gasteiger partial charge in [-0.1, -0.05) is 72.8 Å². The highest BCUT2D eigenvalue weighted by atomic mass is 16.4. The third-order valence-corrected chi connectivity index (χ3v) is 6.24. The van der Waals surface area contributed by atoms with Crippen molar-refractivity contribution in [2.45, 2.75) is 37.8 Å². The minimum absolute atomic E-state index is 0.0783. The molecule has 3 atom stereocenters. The van der Waals surface area contributed by atoms with Gasteiger partial charge < -0.3 is 15.1 Å². The number of fused-ring (bicyclic) bond motifs is 1. The predicted molar refractivity (Wildman–Crippen MR) is 119 cm³/mol. The lowest BCUT2D eigenvalue weighted by atomic mass is 9.80. The molecule has 1 aromatic rings. The van der Waals surface area contributed by atoms with Gasteiger partial charge in [-0.25, -0.2) is 9.59 Å². The molecule has 1 aromatic carbocycles. The van der Waals surface area contributed by atoms with Crippen molar-refractivity contribution in [3.63, 3.8) is 0 Å². The molecule has 1 heterocycles. The fourth-order valence-corrected chi connectivity index (χ4v) is 4.65. The Morgan fingerprint density at radius 2 is 1.59 bits per heavy atom. The summed E-state index contributed by atoms with van der Waals surface area (Å²) in [5.74, 6) is -3.43. The highest BCUT2D eigenvalue weighted by Crippen LogP contribution is 2.35. The first-order valence-corrected chi connectivity index (χ1v) is 10.8. The van der Waals surface area contributed by atoms with Crippen molar-refractivity contribution in [1.29, 1.82) is 0 Å². The van der Waals surface area contributed by atoms with Crippen molar-refractivity contribution in [2.75, 3.05) is 0 Å². The maximum absolute atomic E-state index is 12.9. The van der Waals surface area contributed by atoms with Crippen LogP contribution in [0.25, 0.3) is 11.1 Å². The lowest BCUT2D eigenvalue weighted by Gasteiger charge is -2.47. The molecule has 2 aliphatic carbocycles. The van der Waals surface area contributed by atoms with Gasteiger partial charge in [0.1, 0.15) is 12.1 Å². The van der Waals surface area contributed by atoms with Crippen molar-refractivity contribution >= 4 is 17.8 Å². The number of amides is 1. The topological polar surface area (TPSA) is 94.9 Å². The number of hydrogen-bond donors (Lipinski definition) is 2. The van der Waals surface area contributed by atoms with Crippen LogP contribution in [0.4, 0.5) is 0 Å². The molecular weight excluding hydrogens is 406 g/mol. The molecule has 0 saturated carbocycles. The van der Waals surface area contributed by atoms with E-state index in [9.17, 15) is 24.6 Å². The molecule has 1 amide bonds. The largest absolute Gasteiger partial charge is 0.480 e. The fraction of sp³-hybridized carbons (Fsp3) is 0.269. The molecule has 0 aromatic heterocycles. The molecule has 1 saturated heterocycles. The lowest BCUT2D eigenvalue weighted by Crippen LogP contribution is -2.69. The Kier molecular flexibility index (Phi) is 6.21. The van der Waals surface area contributed by atoms with Gasteiger partial charge in [-0.2, -0.15) is 0 Å². The average Bonchev–Trinajstić information content (AvgIpc) is 2.99. The monoisotopic (exact) mass is 431 g/mol. The smallest absolute Gasteiger partial charge is 0.327 e. The number of nitrogens with zero attached hydrogens (tertiary/aromatic N) is 1. The standard InChI is InChI=1S/C26H25NO5/c28-24-21(13-7-11-19-15-14-18-10-5-2-6-12-20(18)19)23(26(31)32)27(24)22(25(29)30)16-17-8-3-1-4-9-17/h1-6,8-10,12,14-15,21-23H,7,11,13,16H2,(H,29,30)(H,31,32)/t21-,22?,23-/m1/s1. The summed E-state index contributed by atoms with van der Waals surface area (Å²) in [6.07, 6.45) is 1.88. The van der Waals surface area contributed by atoms with E-state index in [-0.39, 0.29) is 12.3 Å². The van der Waals surface area contributed by atoms with Crippen molar-refractivity contribution < 1.29 is 24.6 Å². The summed E-state index contributed by atoms with van der Waals surface area (Å²) in [5.41, 5.74) is 4.21. The van der Waals surface area contributed by atoms with E-state index in [2.05, 4.69) is 18.2 Å². The maximum atomic E-state index is 12.9. The Morgan fingerprint density at radius 1 is 0.906 bits per heavy atom. The first-order valence-electron chi connectivity index (χ1n) is 10.8. The van der Waals surface area contributed by atoms with Crippen LogP contribution in [0.15, 0.2) is 72.8 Å². The van der Waals surface area contributed by atoms with Gasteiger partial charge in [0.15, 0.2) is 0 Å². The number of likely N-dealkylation sites (tertiary alicyclic amines) is 1. The van der Waals surface area contributed by atoms with Gasteiger partial charge >= 0.3 is 11.9 Å². The Labute approximate surface area is 186 Å². The summed E-state index contributed by atoms with van der Waals surface area (Å²) >= 11 is 0. The van der Waals surface area contributed by atoms with E-state index in [4.69, 9.17) is 0 Å². The molecular formula is C26H25NO5. The summed E-state index contributed by atoms with van der Waals surface area (Å²) in [5, 5.41) is 19.5. The molecule has 1 aliphatic heterocycles. The van der Waals surface area contributed by atoms with E-state index in [1.54, 1.807) is 24.3 Å². The Hall–Kier alpha value is -3.67. The number of benzene rings is 1. The maximum Gasteiger partial charge on any atom is 0.327 e. The number of hydrogen-bond acceptors (Lipinski definition) is 3. The minimum Gasteiger partial charge on any atom is -0.480 e. The SMILES string of the molecule is O=C(O)C(Cc1ccccc1)N1C(=O)[C@H](CCCc2ccc3cccccc2-3)[C@@H]1C(=O)O. The third kappa shape index (κ3) is 4.21. The zero-order valence-corrected chi connectivity index (χ0v) is 17.6. The van der Waals surface area contributed by atoms with Crippen LogP contribution < -0.4 is 0 Å². The second kappa shape index (κ2) is 9.22. The van der Waals surface area contributed by atoms with E-state index in [1.165, 1.54) is 5.56 Å². The molecule has 1 unspecified atom stereocenters. The second-order valence-electron chi connectivity index (χ2n) is 8.21. The van der Waals surface area contributed by atoms with Crippen LogP contribution in [0.5, 0.6) is 0 Å². The highest BCUT2D eigenvalue weighted by Gasteiger charge is 2.55. The molecule has 2 N–H and O–H groups in total. The quantitative estimate of drug-likeness (QED) is 0.504. The predicted octanol–water partition coefficient (Wildman–Crippen LogP) is 3.72. The number of β-lactam (4-membered cyclic amide) rings is 1. The summed E-state index contributed by atoms with van der Waals surface area (Å²) in [6.45, 7) is 0. The lowest BCUT2D eigenvalue weighted by molar-refractivity contribution is -0.180. The Bertz CT molecular complexity index is 1100. The van der Waals surface area contributed by atoms with Crippen molar-refractivity contribution in [2.24, 2.45) is 5.92 Å². The first kappa shape index (κ1) is 21.6. The number of carbonyl (C=O) groups excluding carboxylic acids is 1. The Balaban J connectivity index is 1.43. The molecule has 6 nitrogen and oxygen atoms in total. The summed E-state index contributed by atoms with van der Waals surface area (Å²) in [4.78, 5) is 37.7. The third-order valence-electron chi connectivity index (χ3n) is 6.24. The van der Waals surface area contributed by atoms with Crippen LogP contribution in [0, 0.1) is 5.92 Å². The van der Waals surface area contributed by atoms with Gasteiger partial charge in [0.25, 0.3) is 0 Å². The van der Waals surface area contributed by atoms with Gasteiger partial charge in [0, 0.05) is 6.42 Å². The summed E-state index contributed by atoms with van der Waals surface area (Å²) in [7, 11) is 0. The average molecular weight is 431 g/mol. The first-order chi connectivity index (χ1) is 15.5. The highest BCUT2D eigenvalue weighted by molar-refractivity contribution is 5.99. The number of rotatable bonds is 9. The summed E-state index contributed by atoms with van der Waals surface area (Å²) < 4.78 is 0. The van der Waals surface area contributed by atoms with Crippen LogP contribution in [0.1, 0.15) is 24.0 Å². The van der Waals surface area contributed by atoms with Gasteiger partial charge in [0.2, 0.25) is 5.91 Å². The van der Waals surface area contributed by atoms with E-state index < -0.39 is 29.9 Å². The second-order valence-corrected chi connectivity index (χ2v) is 8.21. The van der Waals surface area contributed by atoms with Crippen LogP contribution in [0.3, 0.4) is 0 Å². The number of aryl methyl sites for hydroxylation is 1. The molecule has 0 bridgehead atoms. The van der Waals surface area contributed by atoms with E-state index in [0.717, 1.165) is 28.0 Å². The summed E-state index contributed by atoms with van der Waals surface area (Å²) in [6, 6.07) is 20.8. The van der Waals surface area contributed by atoms with E-state index in [0.29, 0.717) is 12.8 Å². The zero-order chi connectivity index (χ0) is 22.7. The van der Waals surface area contributed by atoms with Crippen LogP contribution >= 0.6 is 0 Å². The normalized spacial score (nSPS) is 18.9. The Morgan fingerprint density at radius 3 is 2.28 bits per heavy atom. The molecule has 32 heavy (non-hydrogen) atoms. The zero-order valence-electron chi connectivity index (χ0n) is 17.6. The van der Waals surface area contributed by atoms with Crippen LogP contribution in [0.2, 0.25) is 0 Å². The number of aliphatic carboxylic acids is 2. The van der Waals surface area contributed by atoms with Crippen LogP contribution in [-0.4, -0.2) is 45.0 Å². The van der Waals surface area contributed by atoms with E-state index in [1.807, 2.05) is 30.3 Å². The van der Waals surface area contributed by atoms with Gasteiger partial charge in [0.05, 0.1) is 5.92 Å². The van der Waals surface area contributed by atoms with Crippen molar-refractivity contribution in [3.05, 3.63) is 83.9 Å². The van der Waals surface area contributed by atoms with Gasteiger partial charge in [-0.15, -0.1) is 0 Å². The molecule has 3 aliphatic rings. The number of carboxylic acid groups (broad SMARTS) is 2. The molecule has 164 valence electrons. The van der Waals surface area contributed by atoms with Crippen LogP contribution in [-0.2, 0) is 27.2 Å². The van der Waals surface area contributed by atoms with Crippen molar-refractivity contribution in [3.8, 4) is 11.1 Å².